The maximum atomic E-state index is 11.1. The van der Waals surface area contributed by atoms with Crippen LogP contribution in [0.5, 0.6) is 0 Å². The van der Waals surface area contributed by atoms with Gasteiger partial charge in [-0.2, -0.15) is 0 Å². The summed E-state index contributed by atoms with van der Waals surface area (Å²) >= 11 is 0. The fourth-order valence-corrected chi connectivity index (χ4v) is 1.45. The van der Waals surface area contributed by atoms with E-state index < -0.39 is 0 Å². The molecule has 0 radical (unpaired) electrons. The number of rotatable bonds is 6. The van der Waals surface area contributed by atoms with Crippen molar-refractivity contribution < 1.29 is 9.59 Å². The number of imide groups is 1. The van der Waals surface area contributed by atoms with Crippen LogP contribution in [0.4, 0.5) is 0 Å². The van der Waals surface area contributed by atoms with Crippen molar-refractivity contribution >= 4 is 24.2 Å². The molecule has 15 heavy (non-hydrogen) atoms. The highest BCUT2D eigenvalue weighted by atomic mass is 35.5. The van der Waals surface area contributed by atoms with E-state index in [1.54, 1.807) is 0 Å². The minimum atomic E-state index is -0.285. The molecule has 1 heterocycles. The van der Waals surface area contributed by atoms with Crippen molar-refractivity contribution in [1.82, 2.24) is 5.32 Å². The van der Waals surface area contributed by atoms with Crippen molar-refractivity contribution in [3.05, 3.63) is 11.6 Å². The highest BCUT2D eigenvalue weighted by Gasteiger charge is 2.19. The van der Waals surface area contributed by atoms with Crippen LogP contribution in [-0.2, 0) is 9.59 Å². The van der Waals surface area contributed by atoms with Crippen LogP contribution >= 0.6 is 12.4 Å². The van der Waals surface area contributed by atoms with E-state index in [2.05, 4.69) is 5.32 Å². The molecule has 3 N–H and O–H groups in total. The number of halogens is 1. The lowest BCUT2D eigenvalue weighted by Gasteiger charge is -1.99. The Morgan fingerprint density at radius 1 is 1.13 bits per heavy atom. The predicted molar refractivity (Wildman–Crippen MR) is 60.6 cm³/mol. The molecule has 2 amide bonds. The lowest BCUT2D eigenvalue weighted by atomic mass is 10.1. The minimum Gasteiger partial charge on any atom is -0.330 e. The molecule has 0 aromatic heterocycles. The molecule has 1 aliphatic heterocycles. The summed E-state index contributed by atoms with van der Waals surface area (Å²) in [5.41, 5.74) is 5.97. The van der Waals surface area contributed by atoms with Gasteiger partial charge in [-0.05, 0) is 25.8 Å². The lowest BCUT2D eigenvalue weighted by molar-refractivity contribution is -0.123. The molecular formula is C10H17ClN2O2. The smallest absolute Gasteiger partial charge is 0.254 e. The number of nitrogens with one attached hydrogen (secondary N) is 1. The Labute approximate surface area is 95.7 Å². The summed E-state index contributed by atoms with van der Waals surface area (Å²) in [4.78, 5) is 21.9. The van der Waals surface area contributed by atoms with E-state index in [1.807, 2.05) is 0 Å². The molecule has 0 unspecified atom stereocenters. The normalized spacial score (nSPS) is 14.6. The number of amides is 2. The molecule has 0 bridgehead atoms. The lowest BCUT2D eigenvalue weighted by Crippen LogP contribution is -2.22. The van der Waals surface area contributed by atoms with Crippen molar-refractivity contribution in [1.29, 1.82) is 0 Å². The van der Waals surface area contributed by atoms with Gasteiger partial charge < -0.3 is 5.73 Å². The van der Waals surface area contributed by atoms with Crippen molar-refractivity contribution in [3.63, 3.8) is 0 Å². The molecule has 0 saturated heterocycles. The molecule has 0 saturated carbocycles. The first-order chi connectivity index (χ1) is 6.74. The van der Waals surface area contributed by atoms with Crippen LogP contribution in [-0.4, -0.2) is 18.4 Å². The predicted octanol–water partition coefficient (Wildman–Crippen LogP) is 0.900. The Morgan fingerprint density at radius 2 is 1.80 bits per heavy atom. The maximum Gasteiger partial charge on any atom is 0.254 e. The highest BCUT2D eigenvalue weighted by Crippen LogP contribution is 2.12. The standard InChI is InChI=1S/C10H16N2O2.ClH/c11-6-4-2-1-3-5-8-7-9(13)12-10(8)14;/h7H,1-6,11H2,(H,12,13,14);1H. The van der Waals surface area contributed by atoms with E-state index in [0.717, 1.165) is 32.2 Å². The third kappa shape index (κ3) is 4.95. The van der Waals surface area contributed by atoms with Gasteiger partial charge in [0.15, 0.2) is 0 Å². The number of hydrogen-bond donors (Lipinski definition) is 2. The molecule has 0 spiro atoms. The van der Waals surface area contributed by atoms with E-state index in [1.165, 1.54) is 6.08 Å². The molecule has 0 aromatic rings. The molecule has 0 aromatic carbocycles. The quantitative estimate of drug-likeness (QED) is 0.528. The first kappa shape index (κ1) is 14.1. The number of carbonyl (C=O) groups is 2. The fraction of sp³-hybridized carbons (Fsp3) is 0.600. The van der Waals surface area contributed by atoms with Gasteiger partial charge >= 0.3 is 0 Å². The third-order valence-electron chi connectivity index (χ3n) is 2.23. The largest absolute Gasteiger partial charge is 0.330 e. The topological polar surface area (TPSA) is 72.2 Å². The number of nitrogens with two attached hydrogens (primary N) is 1. The van der Waals surface area contributed by atoms with Gasteiger partial charge in [-0.15, -0.1) is 12.4 Å². The van der Waals surface area contributed by atoms with Crippen LogP contribution in [0, 0.1) is 0 Å². The zero-order valence-electron chi connectivity index (χ0n) is 8.62. The second kappa shape index (κ2) is 7.43. The Hall–Kier alpha value is -0.870. The van der Waals surface area contributed by atoms with Gasteiger partial charge in [0.05, 0.1) is 0 Å². The van der Waals surface area contributed by atoms with Gasteiger partial charge in [0.25, 0.3) is 11.8 Å². The van der Waals surface area contributed by atoms with Crippen LogP contribution in [0.3, 0.4) is 0 Å². The summed E-state index contributed by atoms with van der Waals surface area (Å²) < 4.78 is 0. The number of unbranched alkanes of at least 4 members (excludes halogenated alkanes) is 3. The molecular weight excluding hydrogens is 216 g/mol. The molecule has 5 heteroatoms. The zero-order chi connectivity index (χ0) is 10.4. The van der Waals surface area contributed by atoms with E-state index in [-0.39, 0.29) is 24.2 Å². The Morgan fingerprint density at radius 3 is 2.33 bits per heavy atom. The summed E-state index contributed by atoms with van der Waals surface area (Å²) in [7, 11) is 0. The van der Waals surface area contributed by atoms with Gasteiger partial charge in [-0.3, -0.25) is 14.9 Å². The fourth-order valence-electron chi connectivity index (χ4n) is 1.45. The van der Waals surface area contributed by atoms with Gasteiger partial charge in [-0.25, -0.2) is 0 Å². The van der Waals surface area contributed by atoms with Crippen molar-refractivity contribution in [2.75, 3.05) is 6.54 Å². The number of carbonyl (C=O) groups excluding carboxylic acids is 2. The van der Waals surface area contributed by atoms with Crippen LogP contribution in [0.2, 0.25) is 0 Å². The third-order valence-corrected chi connectivity index (χ3v) is 2.23. The maximum absolute atomic E-state index is 11.1. The van der Waals surface area contributed by atoms with Crippen LogP contribution in [0.15, 0.2) is 11.6 Å². The second-order valence-corrected chi connectivity index (χ2v) is 3.44. The van der Waals surface area contributed by atoms with Crippen LogP contribution in [0.25, 0.3) is 0 Å². The van der Waals surface area contributed by atoms with Crippen molar-refractivity contribution in [2.24, 2.45) is 5.73 Å². The molecule has 4 nitrogen and oxygen atoms in total. The summed E-state index contributed by atoms with van der Waals surface area (Å²) in [6.07, 6.45) is 6.24. The Balaban J connectivity index is 0.00000196. The van der Waals surface area contributed by atoms with Crippen molar-refractivity contribution in [2.45, 2.75) is 32.1 Å². The Bertz CT molecular complexity index is 264. The first-order valence-electron chi connectivity index (χ1n) is 5.00. The van der Waals surface area contributed by atoms with E-state index in [0.29, 0.717) is 12.0 Å². The van der Waals surface area contributed by atoms with E-state index in [9.17, 15) is 9.59 Å². The summed E-state index contributed by atoms with van der Waals surface area (Å²) in [5, 5.41) is 2.23. The molecule has 86 valence electrons. The second-order valence-electron chi connectivity index (χ2n) is 3.44. The molecule has 1 aliphatic rings. The highest BCUT2D eigenvalue weighted by molar-refractivity contribution is 6.16. The Kier molecular flexibility index (Phi) is 6.99. The average molecular weight is 233 g/mol. The zero-order valence-corrected chi connectivity index (χ0v) is 9.44. The molecule has 0 atom stereocenters. The number of hydrogen-bond acceptors (Lipinski definition) is 3. The van der Waals surface area contributed by atoms with Crippen LogP contribution in [0.1, 0.15) is 32.1 Å². The van der Waals surface area contributed by atoms with Crippen LogP contribution < -0.4 is 11.1 Å². The van der Waals surface area contributed by atoms with E-state index >= 15 is 0 Å². The monoisotopic (exact) mass is 232 g/mol. The SMILES string of the molecule is Cl.NCCCCCCC1=CC(=O)NC1=O. The van der Waals surface area contributed by atoms with Gasteiger partial charge in [0, 0.05) is 11.6 Å². The van der Waals surface area contributed by atoms with Gasteiger partial charge in [0.2, 0.25) is 0 Å². The van der Waals surface area contributed by atoms with Gasteiger partial charge in [-0.1, -0.05) is 12.8 Å². The summed E-state index contributed by atoms with van der Waals surface area (Å²) in [5.74, 6) is -0.513. The van der Waals surface area contributed by atoms with Gasteiger partial charge in [0.1, 0.15) is 0 Å². The summed E-state index contributed by atoms with van der Waals surface area (Å²) in [6.45, 7) is 0.724. The van der Waals surface area contributed by atoms with Crippen molar-refractivity contribution in [3.8, 4) is 0 Å². The van der Waals surface area contributed by atoms with E-state index in [4.69, 9.17) is 5.73 Å². The first-order valence-corrected chi connectivity index (χ1v) is 5.00. The molecule has 0 fully saturated rings. The minimum absolute atomic E-state index is 0. The molecule has 1 rings (SSSR count). The average Bonchev–Trinajstić information content (AvgIpc) is 2.45. The summed E-state index contributed by atoms with van der Waals surface area (Å²) in [6, 6.07) is 0. The molecule has 0 aliphatic carbocycles.